The first-order chi connectivity index (χ1) is 17.3. The van der Waals surface area contributed by atoms with Gasteiger partial charge in [0.05, 0.1) is 11.8 Å². The molecule has 0 spiro atoms. The number of esters is 1. The van der Waals surface area contributed by atoms with Gasteiger partial charge in [0, 0.05) is 23.1 Å². The molecule has 3 unspecified atom stereocenters. The first kappa shape index (κ1) is 25.4. The number of benzene rings is 2. The molecule has 0 radical (unpaired) electrons. The number of fused-ring (bicyclic) bond motifs is 1. The van der Waals surface area contributed by atoms with Gasteiger partial charge in [-0.15, -0.1) is 0 Å². The molecule has 0 bridgehead atoms. The van der Waals surface area contributed by atoms with Crippen LogP contribution in [0.2, 0.25) is 0 Å². The van der Waals surface area contributed by atoms with E-state index in [-0.39, 0.29) is 35.6 Å². The Labute approximate surface area is 211 Å². The standard InChI is InChI=1S/C28H33N3O5/c1-18(2)30(22-15-13-21(14-16-22)29-20-9-5-4-6-10-20)25(32)17-36-28(35)19(3)31-26(33)23-11-7-8-12-24(23)27(31)34/h4-6,9-10,13-16,18-19,23-24,29H,7-8,11-12,17H2,1-3H3. The maximum Gasteiger partial charge on any atom is 0.329 e. The topological polar surface area (TPSA) is 96.0 Å². The fourth-order valence-corrected chi connectivity index (χ4v) is 5.12. The Morgan fingerprint density at radius 2 is 1.47 bits per heavy atom. The average molecular weight is 492 g/mol. The second-order valence-corrected chi connectivity index (χ2v) is 9.72. The van der Waals surface area contributed by atoms with E-state index in [1.54, 1.807) is 4.90 Å². The molecule has 2 fully saturated rings. The van der Waals surface area contributed by atoms with Crippen molar-refractivity contribution < 1.29 is 23.9 Å². The number of imide groups is 1. The largest absolute Gasteiger partial charge is 0.454 e. The number of nitrogens with zero attached hydrogens (tertiary/aromatic N) is 2. The summed E-state index contributed by atoms with van der Waals surface area (Å²) < 4.78 is 5.29. The lowest BCUT2D eigenvalue weighted by Crippen LogP contribution is -2.46. The minimum atomic E-state index is -1.06. The number of hydrogen-bond donors (Lipinski definition) is 1. The van der Waals surface area contributed by atoms with Crippen molar-refractivity contribution in [2.45, 2.75) is 58.5 Å². The molecule has 8 nitrogen and oxygen atoms in total. The molecule has 36 heavy (non-hydrogen) atoms. The Balaban J connectivity index is 1.37. The van der Waals surface area contributed by atoms with Crippen LogP contribution in [0.3, 0.4) is 0 Å². The number of likely N-dealkylation sites (tertiary alicyclic amines) is 1. The maximum absolute atomic E-state index is 13.0. The zero-order valence-electron chi connectivity index (χ0n) is 21.0. The van der Waals surface area contributed by atoms with Gasteiger partial charge < -0.3 is 15.0 Å². The Morgan fingerprint density at radius 1 is 0.917 bits per heavy atom. The number of hydrogen-bond acceptors (Lipinski definition) is 6. The lowest BCUT2D eigenvalue weighted by molar-refractivity contribution is -0.159. The monoisotopic (exact) mass is 491 g/mol. The van der Waals surface area contributed by atoms with E-state index in [1.807, 2.05) is 68.4 Å². The molecular formula is C28H33N3O5. The number of para-hydroxylation sites is 1. The predicted octanol–water partition coefficient (Wildman–Crippen LogP) is 4.28. The lowest BCUT2D eigenvalue weighted by Gasteiger charge is -2.27. The summed E-state index contributed by atoms with van der Waals surface area (Å²) in [5, 5.41) is 3.30. The van der Waals surface area contributed by atoms with Crippen LogP contribution >= 0.6 is 0 Å². The fraction of sp³-hybridized carbons (Fsp3) is 0.429. The third-order valence-electron chi connectivity index (χ3n) is 6.93. The summed E-state index contributed by atoms with van der Waals surface area (Å²) in [6.07, 6.45) is 3.18. The number of ether oxygens (including phenoxy) is 1. The van der Waals surface area contributed by atoms with Crippen LogP contribution in [0.5, 0.6) is 0 Å². The number of rotatable bonds is 8. The molecule has 1 aliphatic carbocycles. The summed E-state index contributed by atoms with van der Waals surface area (Å²) in [5.41, 5.74) is 2.51. The minimum absolute atomic E-state index is 0.175. The minimum Gasteiger partial charge on any atom is -0.454 e. The van der Waals surface area contributed by atoms with Gasteiger partial charge >= 0.3 is 5.97 Å². The molecule has 1 heterocycles. The molecule has 1 aliphatic heterocycles. The lowest BCUT2D eigenvalue weighted by atomic mass is 9.81. The van der Waals surface area contributed by atoms with E-state index in [9.17, 15) is 19.2 Å². The number of anilines is 3. The van der Waals surface area contributed by atoms with E-state index >= 15 is 0 Å². The zero-order valence-corrected chi connectivity index (χ0v) is 21.0. The van der Waals surface area contributed by atoms with Gasteiger partial charge in [-0.25, -0.2) is 4.79 Å². The molecule has 1 N–H and O–H groups in total. The van der Waals surface area contributed by atoms with E-state index in [1.165, 1.54) is 6.92 Å². The summed E-state index contributed by atoms with van der Waals surface area (Å²) in [6, 6.07) is 15.9. The Hall–Kier alpha value is -3.68. The van der Waals surface area contributed by atoms with Crippen molar-refractivity contribution >= 4 is 40.8 Å². The normalized spacial score (nSPS) is 20.2. The van der Waals surface area contributed by atoms with Crippen LogP contribution in [-0.2, 0) is 23.9 Å². The molecule has 190 valence electrons. The highest BCUT2D eigenvalue weighted by Gasteiger charge is 2.51. The Morgan fingerprint density at radius 3 is 2.03 bits per heavy atom. The van der Waals surface area contributed by atoms with E-state index in [0.717, 1.165) is 29.1 Å². The Bertz CT molecular complexity index is 1090. The highest BCUT2D eigenvalue weighted by Crippen LogP contribution is 2.39. The van der Waals surface area contributed by atoms with Crippen LogP contribution in [-0.4, -0.2) is 47.3 Å². The highest BCUT2D eigenvalue weighted by atomic mass is 16.5. The molecule has 3 atom stereocenters. The number of nitrogens with one attached hydrogen (secondary N) is 1. The van der Waals surface area contributed by atoms with Crippen LogP contribution < -0.4 is 10.2 Å². The molecule has 0 aromatic heterocycles. The van der Waals surface area contributed by atoms with E-state index in [4.69, 9.17) is 4.74 Å². The summed E-state index contributed by atoms with van der Waals surface area (Å²) in [4.78, 5) is 53.9. The summed E-state index contributed by atoms with van der Waals surface area (Å²) in [7, 11) is 0. The SMILES string of the molecule is CC(C(=O)OCC(=O)N(c1ccc(Nc2ccccc2)cc1)C(C)C)N1C(=O)C2CCCCC2C1=O. The fourth-order valence-electron chi connectivity index (χ4n) is 5.12. The molecule has 8 heteroatoms. The third kappa shape index (κ3) is 5.27. The smallest absolute Gasteiger partial charge is 0.329 e. The molecule has 2 aliphatic rings. The van der Waals surface area contributed by atoms with Gasteiger partial charge in [-0.3, -0.25) is 19.3 Å². The van der Waals surface area contributed by atoms with Gasteiger partial charge in [-0.2, -0.15) is 0 Å². The van der Waals surface area contributed by atoms with Gasteiger partial charge in [0.15, 0.2) is 6.61 Å². The molecule has 2 aromatic carbocycles. The van der Waals surface area contributed by atoms with Gasteiger partial charge in [-0.1, -0.05) is 31.0 Å². The zero-order chi connectivity index (χ0) is 25.8. The number of amides is 3. The van der Waals surface area contributed by atoms with Crippen molar-refractivity contribution in [3.05, 3.63) is 54.6 Å². The number of carbonyl (C=O) groups is 4. The van der Waals surface area contributed by atoms with Crippen LogP contribution in [0.1, 0.15) is 46.5 Å². The van der Waals surface area contributed by atoms with Crippen molar-refractivity contribution in [1.82, 2.24) is 4.90 Å². The van der Waals surface area contributed by atoms with Crippen molar-refractivity contribution in [2.24, 2.45) is 11.8 Å². The molecule has 3 amide bonds. The van der Waals surface area contributed by atoms with Crippen molar-refractivity contribution in [2.75, 3.05) is 16.8 Å². The molecule has 2 aromatic rings. The summed E-state index contributed by atoms with van der Waals surface area (Å²) in [5.74, 6) is -2.41. The third-order valence-corrected chi connectivity index (χ3v) is 6.93. The summed E-state index contributed by atoms with van der Waals surface area (Å²) >= 11 is 0. The second-order valence-electron chi connectivity index (χ2n) is 9.72. The van der Waals surface area contributed by atoms with Crippen molar-refractivity contribution in [3.63, 3.8) is 0 Å². The second kappa shape index (κ2) is 10.9. The van der Waals surface area contributed by atoms with E-state index < -0.39 is 18.6 Å². The summed E-state index contributed by atoms with van der Waals surface area (Å²) in [6.45, 7) is 4.76. The molecule has 4 rings (SSSR count). The van der Waals surface area contributed by atoms with Crippen LogP contribution in [0.25, 0.3) is 0 Å². The van der Waals surface area contributed by atoms with Crippen LogP contribution in [0.15, 0.2) is 54.6 Å². The maximum atomic E-state index is 13.0. The van der Waals surface area contributed by atoms with Gasteiger partial charge in [0.2, 0.25) is 11.8 Å². The quantitative estimate of drug-likeness (QED) is 0.437. The van der Waals surface area contributed by atoms with E-state index in [2.05, 4.69) is 5.32 Å². The Kier molecular flexibility index (Phi) is 7.72. The first-order valence-corrected chi connectivity index (χ1v) is 12.6. The molecule has 1 saturated heterocycles. The van der Waals surface area contributed by atoms with Crippen molar-refractivity contribution in [1.29, 1.82) is 0 Å². The molecular weight excluding hydrogens is 458 g/mol. The van der Waals surface area contributed by atoms with Crippen LogP contribution in [0.4, 0.5) is 17.1 Å². The first-order valence-electron chi connectivity index (χ1n) is 12.6. The van der Waals surface area contributed by atoms with Crippen LogP contribution in [0, 0.1) is 11.8 Å². The highest BCUT2D eigenvalue weighted by molar-refractivity contribution is 6.08. The van der Waals surface area contributed by atoms with Crippen molar-refractivity contribution in [3.8, 4) is 0 Å². The van der Waals surface area contributed by atoms with Gasteiger partial charge in [0.1, 0.15) is 6.04 Å². The number of carbonyl (C=O) groups excluding carboxylic acids is 4. The molecule has 1 saturated carbocycles. The van der Waals surface area contributed by atoms with E-state index in [0.29, 0.717) is 18.5 Å². The average Bonchev–Trinajstić information content (AvgIpc) is 3.13. The van der Waals surface area contributed by atoms with Gasteiger partial charge in [0.25, 0.3) is 5.91 Å². The predicted molar refractivity (Wildman–Crippen MR) is 137 cm³/mol. The van der Waals surface area contributed by atoms with Gasteiger partial charge in [-0.05, 0) is 70.0 Å².